The number of ether oxygens (including phenoxy) is 2. The molecule has 0 bridgehead atoms. The molecule has 2 N–H and O–H groups in total. The van der Waals surface area contributed by atoms with Gasteiger partial charge in [0, 0.05) is 79.3 Å². The van der Waals surface area contributed by atoms with Crippen molar-refractivity contribution in [3.05, 3.63) is 48.0 Å². The highest BCUT2D eigenvalue weighted by atomic mass is 19.1. The van der Waals surface area contributed by atoms with Gasteiger partial charge in [0.15, 0.2) is 5.82 Å². The quantitative estimate of drug-likeness (QED) is 0.375. The van der Waals surface area contributed by atoms with Crippen molar-refractivity contribution in [1.29, 1.82) is 0 Å². The molecule has 4 heterocycles. The molecule has 210 valence electrons. The van der Waals surface area contributed by atoms with Crippen LogP contribution in [0, 0.1) is 11.7 Å². The maximum absolute atomic E-state index is 14.7. The SMILES string of the molecule is CC1CN(c2ccc(C(=O)Nc3cc(F)c4nn(C)cc4c3)c3nc(OCC4CCCOC4)ncc23)CC(C)N1. The van der Waals surface area contributed by atoms with Crippen LogP contribution in [0.3, 0.4) is 0 Å². The van der Waals surface area contributed by atoms with Crippen molar-refractivity contribution in [1.82, 2.24) is 25.1 Å². The van der Waals surface area contributed by atoms with Crippen LogP contribution in [0.25, 0.3) is 21.8 Å². The van der Waals surface area contributed by atoms with Gasteiger partial charge in [-0.15, -0.1) is 0 Å². The minimum atomic E-state index is -0.500. The van der Waals surface area contributed by atoms with Crippen molar-refractivity contribution in [2.24, 2.45) is 13.0 Å². The highest BCUT2D eigenvalue weighted by molar-refractivity contribution is 6.14. The van der Waals surface area contributed by atoms with E-state index in [0.29, 0.717) is 47.5 Å². The van der Waals surface area contributed by atoms with Gasteiger partial charge in [-0.2, -0.15) is 10.1 Å². The Hall–Kier alpha value is -3.83. The number of fused-ring (bicyclic) bond motifs is 2. The molecular formula is C29H34FN7O3. The average Bonchev–Trinajstić information content (AvgIpc) is 3.32. The number of nitrogens with zero attached hydrogens (tertiary/aromatic N) is 5. The van der Waals surface area contributed by atoms with Gasteiger partial charge < -0.3 is 25.0 Å². The molecule has 40 heavy (non-hydrogen) atoms. The van der Waals surface area contributed by atoms with Gasteiger partial charge in [0.1, 0.15) is 5.52 Å². The lowest BCUT2D eigenvalue weighted by Crippen LogP contribution is -2.54. The van der Waals surface area contributed by atoms with E-state index in [1.807, 2.05) is 6.07 Å². The molecule has 2 aliphatic heterocycles. The van der Waals surface area contributed by atoms with Gasteiger partial charge in [-0.05, 0) is 51.0 Å². The van der Waals surface area contributed by atoms with Gasteiger partial charge >= 0.3 is 6.01 Å². The predicted octanol–water partition coefficient (Wildman–Crippen LogP) is 3.90. The molecule has 10 nitrogen and oxygen atoms in total. The Bertz CT molecular complexity index is 1540. The van der Waals surface area contributed by atoms with Crippen LogP contribution < -0.4 is 20.3 Å². The third-order valence-electron chi connectivity index (χ3n) is 7.49. The van der Waals surface area contributed by atoms with E-state index in [1.165, 1.54) is 6.07 Å². The van der Waals surface area contributed by atoms with E-state index in [0.717, 1.165) is 43.6 Å². The molecule has 0 radical (unpaired) electrons. The van der Waals surface area contributed by atoms with Gasteiger partial charge in [-0.3, -0.25) is 9.48 Å². The molecule has 2 aliphatic rings. The Morgan fingerprint density at radius 1 is 1.23 bits per heavy atom. The fraction of sp³-hybridized carbons (Fsp3) is 0.448. The van der Waals surface area contributed by atoms with Crippen LogP contribution in [0.1, 0.15) is 37.0 Å². The van der Waals surface area contributed by atoms with E-state index in [-0.39, 0.29) is 17.4 Å². The molecule has 3 atom stereocenters. The van der Waals surface area contributed by atoms with Crippen molar-refractivity contribution >= 4 is 39.1 Å². The fourth-order valence-corrected chi connectivity index (χ4v) is 5.76. The normalized spacial score (nSPS) is 21.6. The van der Waals surface area contributed by atoms with Crippen molar-refractivity contribution in [3.8, 4) is 6.01 Å². The summed E-state index contributed by atoms with van der Waals surface area (Å²) in [5.74, 6) is -0.616. The lowest BCUT2D eigenvalue weighted by molar-refractivity contribution is 0.0336. The minimum absolute atomic E-state index is 0.217. The van der Waals surface area contributed by atoms with Crippen molar-refractivity contribution in [2.75, 3.05) is 43.1 Å². The van der Waals surface area contributed by atoms with Crippen LogP contribution in [0.2, 0.25) is 0 Å². The van der Waals surface area contributed by atoms with Crippen molar-refractivity contribution < 1.29 is 18.7 Å². The number of rotatable bonds is 6. The smallest absolute Gasteiger partial charge is 0.316 e. The first-order valence-electron chi connectivity index (χ1n) is 13.8. The van der Waals surface area contributed by atoms with E-state index >= 15 is 0 Å². The minimum Gasteiger partial charge on any atom is -0.463 e. The lowest BCUT2D eigenvalue weighted by Gasteiger charge is -2.38. The highest BCUT2D eigenvalue weighted by Crippen LogP contribution is 2.31. The summed E-state index contributed by atoms with van der Waals surface area (Å²) < 4.78 is 27.8. The number of carbonyl (C=O) groups is 1. The first-order chi connectivity index (χ1) is 19.3. The summed E-state index contributed by atoms with van der Waals surface area (Å²) in [6, 6.07) is 7.53. The summed E-state index contributed by atoms with van der Waals surface area (Å²) in [6.07, 6.45) is 5.48. The largest absolute Gasteiger partial charge is 0.463 e. The number of anilines is 2. The van der Waals surface area contributed by atoms with Crippen LogP contribution >= 0.6 is 0 Å². The van der Waals surface area contributed by atoms with Crippen LogP contribution in [0.15, 0.2) is 36.7 Å². The Kier molecular flexibility index (Phi) is 7.24. The molecule has 1 amide bonds. The summed E-state index contributed by atoms with van der Waals surface area (Å²) in [7, 11) is 1.73. The Labute approximate surface area is 231 Å². The molecule has 0 saturated carbocycles. The number of hydrogen-bond acceptors (Lipinski definition) is 8. The summed E-state index contributed by atoms with van der Waals surface area (Å²) in [5.41, 5.74) is 2.40. The van der Waals surface area contributed by atoms with Gasteiger partial charge in [0.2, 0.25) is 0 Å². The molecule has 3 unspecified atom stereocenters. The third-order valence-corrected chi connectivity index (χ3v) is 7.49. The van der Waals surface area contributed by atoms with Gasteiger partial charge in [-0.25, -0.2) is 9.37 Å². The number of amides is 1. The molecule has 11 heteroatoms. The number of aromatic nitrogens is 4. The maximum Gasteiger partial charge on any atom is 0.316 e. The van der Waals surface area contributed by atoms with Crippen LogP contribution in [0.5, 0.6) is 6.01 Å². The van der Waals surface area contributed by atoms with Gasteiger partial charge in [0.05, 0.1) is 24.3 Å². The molecule has 2 aromatic heterocycles. The third kappa shape index (κ3) is 5.44. The topological polar surface area (TPSA) is 106 Å². The van der Waals surface area contributed by atoms with Gasteiger partial charge in [-0.1, -0.05) is 0 Å². The zero-order valence-electron chi connectivity index (χ0n) is 23.0. The fourth-order valence-electron chi connectivity index (χ4n) is 5.76. The zero-order valence-corrected chi connectivity index (χ0v) is 23.0. The second-order valence-corrected chi connectivity index (χ2v) is 11.0. The van der Waals surface area contributed by atoms with E-state index in [2.05, 4.69) is 39.5 Å². The summed E-state index contributed by atoms with van der Waals surface area (Å²) in [6.45, 7) is 7.83. The van der Waals surface area contributed by atoms with Gasteiger partial charge in [0.25, 0.3) is 5.91 Å². The van der Waals surface area contributed by atoms with E-state index in [1.54, 1.807) is 36.3 Å². The van der Waals surface area contributed by atoms with Crippen molar-refractivity contribution in [2.45, 2.75) is 38.8 Å². The molecule has 2 aromatic carbocycles. The Morgan fingerprint density at radius 3 is 2.83 bits per heavy atom. The molecule has 2 fully saturated rings. The molecule has 6 rings (SSSR count). The number of aryl methyl sites for hydroxylation is 1. The van der Waals surface area contributed by atoms with Crippen LogP contribution in [0.4, 0.5) is 15.8 Å². The zero-order chi connectivity index (χ0) is 27.8. The highest BCUT2D eigenvalue weighted by Gasteiger charge is 2.25. The van der Waals surface area contributed by atoms with Crippen LogP contribution in [-0.4, -0.2) is 70.6 Å². The second kappa shape index (κ2) is 11.0. The number of piperazine rings is 1. The number of nitrogens with one attached hydrogen (secondary N) is 2. The van der Waals surface area contributed by atoms with E-state index in [9.17, 15) is 9.18 Å². The molecule has 2 saturated heterocycles. The molecule has 4 aromatic rings. The monoisotopic (exact) mass is 547 g/mol. The first-order valence-corrected chi connectivity index (χ1v) is 13.8. The standard InChI is InChI=1S/C29H34FN7O3/c1-17-12-37(13-18(2)32-17)25-7-6-22(28(38)33-21-9-20-14-36(3)35-26(20)24(30)10-21)27-23(25)11-31-29(34-27)40-16-19-5-4-8-39-15-19/h6-7,9-11,14,17-19,32H,4-5,8,12-13,15-16H2,1-3H3,(H,33,38). The summed E-state index contributed by atoms with van der Waals surface area (Å²) in [5, 5.41) is 11.9. The lowest BCUT2D eigenvalue weighted by atomic mass is 10.0. The maximum atomic E-state index is 14.7. The summed E-state index contributed by atoms with van der Waals surface area (Å²) >= 11 is 0. The molecule has 0 aliphatic carbocycles. The first kappa shape index (κ1) is 26.4. The Morgan fingerprint density at radius 2 is 2.05 bits per heavy atom. The van der Waals surface area contributed by atoms with Crippen molar-refractivity contribution in [3.63, 3.8) is 0 Å². The summed E-state index contributed by atoms with van der Waals surface area (Å²) in [4.78, 5) is 25.1. The van der Waals surface area contributed by atoms with E-state index < -0.39 is 11.7 Å². The Balaban J connectivity index is 1.34. The number of hydrogen-bond donors (Lipinski definition) is 2. The second-order valence-electron chi connectivity index (χ2n) is 11.0. The van der Waals surface area contributed by atoms with Crippen LogP contribution in [-0.2, 0) is 11.8 Å². The number of benzene rings is 2. The van der Waals surface area contributed by atoms with E-state index in [4.69, 9.17) is 14.5 Å². The molecular weight excluding hydrogens is 513 g/mol. The average molecular weight is 548 g/mol. The predicted molar refractivity (Wildman–Crippen MR) is 151 cm³/mol. The number of carbonyl (C=O) groups excluding carboxylic acids is 1. The molecule has 0 spiro atoms. The number of halogens is 1.